The van der Waals surface area contributed by atoms with Crippen molar-refractivity contribution in [3.8, 4) is 0 Å². The molecule has 0 spiro atoms. The van der Waals surface area contributed by atoms with Crippen LogP contribution in [0.2, 0.25) is 0 Å². The molecule has 0 aromatic rings. The van der Waals surface area contributed by atoms with Gasteiger partial charge in [0.15, 0.2) is 0 Å². The van der Waals surface area contributed by atoms with Gasteiger partial charge in [0.25, 0.3) is 5.70 Å². The minimum atomic E-state index is -0.0719. The van der Waals surface area contributed by atoms with Crippen LogP contribution in [0.5, 0.6) is 0 Å². The lowest BCUT2D eigenvalue weighted by Crippen LogP contribution is -2.34. The van der Waals surface area contributed by atoms with Crippen molar-refractivity contribution in [2.75, 3.05) is 13.7 Å². The van der Waals surface area contributed by atoms with Crippen LogP contribution in [0.25, 0.3) is 0 Å². The quantitative estimate of drug-likeness (QED) is 0.385. The van der Waals surface area contributed by atoms with Gasteiger partial charge in [-0.15, -0.1) is 0 Å². The van der Waals surface area contributed by atoms with Gasteiger partial charge >= 0.3 is 11.9 Å². The smallest absolute Gasteiger partial charge is 0.445 e. The predicted octanol–water partition coefficient (Wildman–Crippen LogP) is 1.50. The number of methoxy groups -OCH3 is 1. The Labute approximate surface area is 84.3 Å². The molecule has 0 unspecified atom stereocenters. The second kappa shape index (κ2) is 5.52. The van der Waals surface area contributed by atoms with Gasteiger partial charge in [0.1, 0.15) is 0 Å². The van der Waals surface area contributed by atoms with E-state index in [0.717, 1.165) is 13.0 Å². The number of carbonyl (C=O) groups excluding carboxylic acids is 1. The van der Waals surface area contributed by atoms with Crippen molar-refractivity contribution in [3.05, 3.63) is 11.6 Å². The van der Waals surface area contributed by atoms with Crippen LogP contribution in [0, 0.1) is 0 Å². The highest BCUT2D eigenvalue weighted by Crippen LogP contribution is 2.17. The van der Waals surface area contributed by atoms with Gasteiger partial charge < -0.3 is 14.8 Å². The molecular formula is C10H18NO3+. The van der Waals surface area contributed by atoms with Gasteiger partial charge in [-0.05, 0) is 6.42 Å². The molecular weight excluding hydrogens is 182 g/mol. The molecule has 0 radical (unpaired) electrons. The maximum absolute atomic E-state index is 9.11. The Morgan fingerprint density at radius 2 is 2.14 bits per heavy atom. The maximum Gasteiger partial charge on any atom is 0.554 e. The van der Waals surface area contributed by atoms with Crippen LogP contribution < -0.4 is 5.32 Å². The average Bonchev–Trinajstić information content (AvgIpc) is 2.19. The van der Waals surface area contributed by atoms with Crippen LogP contribution in [-0.2, 0) is 9.47 Å². The molecule has 1 rings (SSSR count). The molecule has 2 N–H and O–H groups in total. The summed E-state index contributed by atoms with van der Waals surface area (Å²) in [6, 6.07) is 0. The summed E-state index contributed by atoms with van der Waals surface area (Å²) in [6.07, 6.45) is 4.79. The molecule has 1 aliphatic heterocycles. The maximum atomic E-state index is 9.11. The van der Waals surface area contributed by atoms with Gasteiger partial charge in [-0.3, -0.25) is 0 Å². The summed E-state index contributed by atoms with van der Waals surface area (Å²) in [5.41, 5.74) is 0.587. The van der Waals surface area contributed by atoms with E-state index in [1.165, 1.54) is 26.4 Å². The van der Waals surface area contributed by atoms with Gasteiger partial charge in [-0.1, -0.05) is 26.2 Å². The highest BCUT2D eigenvalue weighted by Gasteiger charge is 2.43. The zero-order chi connectivity index (χ0) is 10.4. The van der Waals surface area contributed by atoms with E-state index in [1.807, 2.05) is 0 Å². The molecule has 0 fully saturated rings. The highest BCUT2D eigenvalue weighted by molar-refractivity contribution is 5.94. The van der Waals surface area contributed by atoms with E-state index in [-0.39, 0.29) is 5.97 Å². The molecule has 0 saturated carbocycles. The summed E-state index contributed by atoms with van der Waals surface area (Å²) in [5.74, 6) is 0.301. The van der Waals surface area contributed by atoms with Crippen molar-refractivity contribution in [3.63, 3.8) is 0 Å². The summed E-state index contributed by atoms with van der Waals surface area (Å²) in [5, 5.41) is 3.07. The molecule has 0 aromatic carbocycles. The first-order chi connectivity index (χ1) is 6.79. The molecule has 0 amide bonds. The minimum Gasteiger partial charge on any atom is -0.445 e. The first-order valence-electron chi connectivity index (χ1n) is 5.05. The van der Waals surface area contributed by atoms with Crippen LogP contribution in [0.4, 0.5) is 0 Å². The number of ether oxygens (including phenoxy) is 2. The minimum absolute atomic E-state index is 0.0719. The van der Waals surface area contributed by atoms with E-state index in [2.05, 4.69) is 12.2 Å². The Morgan fingerprint density at radius 1 is 1.36 bits per heavy atom. The number of hydrogen-bond acceptors (Lipinski definition) is 3. The molecule has 0 aromatic heterocycles. The first kappa shape index (κ1) is 10.9. The van der Waals surface area contributed by atoms with Crippen LogP contribution in [-0.4, -0.2) is 24.4 Å². The third-order valence-electron chi connectivity index (χ3n) is 2.12. The van der Waals surface area contributed by atoms with Crippen LogP contribution in [0.1, 0.15) is 32.6 Å². The second-order valence-electron chi connectivity index (χ2n) is 3.26. The summed E-state index contributed by atoms with van der Waals surface area (Å²) in [4.78, 5) is 9.11. The third kappa shape index (κ3) is 2.65. The topological polar surface area (TPSA) is 51.9 Å². The number of esters is 1. The molecule has 1 heterocycles. The van der Waals surface area contributed by atoms with Crippen molar-refractivity contribution in [2.45, 2.75) is 32.6 Å². The fourth-order valence-electron chi connectivity index (χ4n) is 1.29. The molecule has 80 valence electrons. The lowest BCUT2D eigenvalue weighted by atomic mass is 10.2. The van der Waals surface area contributed by atoms with Crippen molar-refractivity contribution in [2.24, 2.45) is 0 Å². The van der Waals surface area contributed by atoms with Crippen LogP contribution in [0.15, 0.2) is 11.6 Å². The Kier molecular flexibility index (Phi) is 4.29. The van der Waals surface area contributed by atoms with E-state index >= 15 is 0 Å². The molecule has 0 saturated heterocycles. The van der Waals surface area contributed by atoms with Gasteiger partial charge in [0, 0.05) is 6.54 Å². The van der Waals surface area contributed by atoms with E-state index in [4.69, 9.17) is 14.3 Å². The van der Waals surface area contributed by atoms with E-state index < -0.39 is 0 Å². The van der Waals surface area contributed by atoms with Crippen molar-refractivity contribution in [1.29, 1.82) is 0 Å². The fraction of sp³-hybridized carbons (Fsp3) is 0.700. The third-order valence-corrected chi connectivity index (χ3v) is 2.12. The zero-order valence-electron chi connectivity index (χ0n) is 8.80. The van der Waals surface area contributed by atoms with Gasteiger partial charge in [-0.25, -0.2) is 4.74 Å². The summed E-state index contributed by atoms with van der Waals surface area (Å²) in [7, 11) is 1.51. The van der Waals surface area contributed by atoms with Crippen molar-refractivity contribution < 1.29 is 14.3 Å². The largest absolute Gasteiger partial charge is 0.554 e. The summed E-state index contributed by atoms with van der Waals surface area (Å²) >= 11 is 0. The molecule has 1 aliphatic rings. The van der Waals surface area contributed by atoms with E-state index in [1.54, 1.807) is 0 Å². The summed E-state index contributed by atoms with van der Waals surface area (Å²) < 4.78 is 9.61. The molecule has 4 nitrogen and oxygen atoms in total. The standard InChI is InChI=1S/C10H17NO3/c1-3-4-5-6-7-11-8-9(12)14-10(8)13-2/h11H,3-7H2,1-2H3/p+1. The van der Waals surface area contributed by atoms with E-state index in [9.17, 15) is 0 Å². The van der Waals surface area contributed by atoms with Crippen molar-refractivity contribution >= 4 is 5.97 Å². The number of rotatable bonds is 7. The second-order valence-corrected chi connectivity index (χ2v) is 3.26. The Bertz CT molecular complexity index is 236. The van der Waals surface area contributed by atoms with Gasteiger partial charge in [0.2, 0.25) is 0 Å². The number of unbranched alkanes of at least 4 members (excludes halogenated alkanes) is 3. The van der Waals surface area contributed by atoms with Crippen molar-refractivity contribution in [1.82, 2.24) is 5.32 Å². The first-order valence-corrected chi connectivity index (χ1v) is 5.05. The van der Waals surface area contributed by atoms with Gasteiger partial charge in [0.05, 0.1) is 7.11 Å². The van der Waals surface area contributed by atoms with E-state index in [0.29, 0.717) is 11.6 Å². The number of cyclic esters (lactones) is 1. The predicted molar refractivity (Wildman–Crippen MR) is 54.2 cm³/mol. The Hall–Kier alpha value is -1.19. The lowest BCUT2D eigenvalue weighted by Gasteiger charge is -2.12. The fourth-order valence-corrected chi connectivity index (χ4v) is 1.29. The van der Waals surface area contributed by atoms with Crippen LogP contribution >= 0.6 is 0 Å². The molecule has 0 atom stereocenters. The summed E-state index contributed by atoms with van der Waals surface area (Å²) in [6.45, 7) is 3.02. The number of nitrogens with one attached hydrogen (secondary N) is 1. The average molecular weight is 200 g/mol. The Balaban J connectivity index is 2.15. The molecule has 14 heavy (non-hydrogen) atoms. The van der Waals surface area contributed by atoms with Crippen LogP contribution in [0.3, 0.4) is 0 Å². The zero-order valence-corrected chi connectivity index (χ0v) is 8.80. The number of hydrogen-bond donors (Lipinski definition) is 1. The monoisotopic (exact) mass is 200 g/mol. The SMILES string of the molecule is CCCCCCNC1=C(OC)OC1=[OH+]. The van der Waals surface area contributed by atoms with Gasteiger partial charge in [-0.2, -0.15) is 0 Å². The normalized spacial score (nSPS) is 14.9. The molecule has 0 bridgehead atoms. The molecule has 4 heteroatoms. The lowest BCUT2D eigenvalue weighted by molar-refractivity contribution is 0.102. The molecule has 0 aliphatic carbocycles. The Morgan fingerprint density at radius 3 is 2.71 bits per heavy atom. The highest BCUT2D eigenvalue weighted by atomic mass is 16.7.